The number of aryl methyl sites for hydroxylation is 3. The summed E-state index contributed by atoms with van der Waals surface area (Å²) in [6.07, 6.45) is 4.44. The summed E-state index contributed by atoms with van der Waals surface area (Å²) < 4.78 is 6.80. The fraction of sp³-hybridized carbons (Fsp3) is 0.409. The van der Waals surface area contributed by atoms with E-state index in [0.29, 0.717) is 23.5 Å². The second-order valence-electron chi connectivity index (χ2n) is 7.74. The van der Waals surface area contributed by atoms with Crippen molar-refractivity contribution in [1.29, 1.82) is 0 Å². The van der Waals surface area contributed by atoms with Crippen molar-refractivity contribution in [2.45, 2.75) is 52.6 Å². The molecule has 0 aliphatic carbocycles. The van der Waals surface area contributed by atoms with Gasteiger partial charge in [0.15, 0.2) is 11.2 Å². The largest absolute Gasteiger partial charge is 0.332 e. The zero-order chi connectivity index (χ0) is 20.7. The van der Waals surface area contributed by atoms with E-state index < -0.39 is 0 Å². The Labute approximate surface area is 168 Å². The monoisotopic (exact) mass is 393 g/mol. The normalized spacial score (nSPS) is 12.8. The molecule has 0 saturated carbocycles. The summed E-state index contributed by atoms with van der Waals surface area (Å²) >= 11 is 0. The van der Waals surface area contributed by atoms with E-state index in [2.05, 4.69) is 35.5 Å². The Kier molecular flexibility index (Phi) is 4.90. The first-order chi connectivity index (χ1) is 13.9. The van der Waals surface area contributed by atoms with Gasteiger partial charge < -0.3 is 4.57 Å². The van der Waals surface area contributed by atoms with Gasteiger partial charge in [0.1, 0.15) is 0 Å². The van der Waals surface area contributed by atoms with Crippen LogP contribution in [0.15, 0.2) is 46.1 Å². The van der Waals surface area contributed by atoms with E-state index in [9.17, 15) is 9.59 Å². The SMILES string of the molecule is CC[C@H](C)n1c(C)cn2c3c(=O)n(CCCc4ccccc4)c(=O)n(C)c3nc12. The maximum Gasteiger partial charge on any atom is 0.332 e. The first-order valence-corrected chi connectivity index (χ1v) is 10.2. The van der Waals surface area contributed by atoms with Crippen molar-refractivity contribution >= 4 is 16.9 Å². The molecule has 152 valence electrons. The molecule has 0 amide bonds. The summed E-state index contributed by atoms with van der Waals surface area (Å²) in [5.74, 6) is 0.709. The Hall–Kier alpha value is -3.09. The quantitative estimate of drug-likeness (QED) is 0.506. The molecule has 1 atom stereocenters. The summed E-state index contributed by atoms with van der Waals surface area (Å²) in [5.41, 5.74) is 2.56. The van der Waals surface area contributed by atoms with E-state index in [-0.39, 0.29) is 17.3 Å². The fourth-order valence-electron chi connectivity index (χ4n) is 4.04. The van der Waals surface area contributed by atoms with E-state index in [1.54, 1.807) is 7.05 Å². The van der Waals surface area contributed by atoms with E-state index in [1.165, 1.54) is 14.7 Å². The van der Waals surface area contributed by atoms with Gasteiger partial charge in [0.05, 0.1) is 0 Å². The molecule has 1 aromatic carbocycles. The predicted octanol–water partition coefficient (Wildman–Crippen LogP) is 3.06. The maximum atomic E-state index is 13.3. The van der Waals surface area contributed by atoms with Gasteiger partial charge in [0.25, 0.3) is 5.56 Å². The Morgan fingerprint density at radius 1 is 1.14 bits per heavy atom. The minimum absolute atomic E-state index is 0.259. The fourth-order valence-corrected chi connectivity index (χ4v) is 4.04. The molecule has 0 aliphatic rings. The average molecular weight is 393 g/mol. The van der Waals surface area contributed by atoms with Gasteiger partial charge in [-0.05, 0) is 38.7 Å². The number of benzene rings is 1. The van der Waals surface area contributed by atoms with Crippen molar-refractivity contribution in [1.82, 2.24) is 23.1 Å². The Balaban J connectivity index is 1.81. The van der Waals surface area contributed by atoms with Crippen LogP contribution in [0, 0.1) is 6.92 Å². The average Bonchev–Trinajstić information content (AvgIpc) is 3.23. The van der Waals surface area contributed by atoms with Gasteiger partial charge in [-0.2, -0.15) is 4.98 Å². The van der Waals surface area contributed by atoms with Crippen molar-refractivity contribution in [2.24, 2.45) is 7.05 Å². The van der Waals surface area contributed by atoms with Gasteiger partial charge in [-0.3, -0.25) is 18.3 Å². The molecule has 0 bridgehead atoms. The van der Waals surface area contributed by atoms with Gasteiger partial charge in [-0.15, -0.1) is 0 Å². The van der Waals surface area contributed by atoms with E-state index >= 15 is 0 Å². The molecule has 4 rings (SSSR count). The Morgan fingerprint density at radius 2 is 1.86 bits per heavy atom. The van der Waals surface area contributed by atoms with Crippen molar-refractivity contribution < 1.29 is 0 Å². The molecule has 4 aromatic rings. The lowest BCUT2D eigenvalue weighted by molar-refractivity contribution is 0.532. The van der Waals surface area contributed by atoms with Crippen molar-refractivity contribution in [2.75, 3.05) is 0 Å². The molecular formula is C22H27N5O2. The topological polar surface area (TPSA) is 66.2 Å². The van der Waals surface area contributed by atoms with Crippen LogP contribution >= 0.6 is 0 Å². The molecular weight excluding hydrogens is 366 g/mol. The molecule has 0 spiro atoms. The minimum atomic E-state index is -0.317. The summed E-state index contributed by atoms with van der Waals surface area (Å²) in [7, 11) is 1.69. The third kappa shape index (κ3) is 3.10. The van der Waals surface area contributed by atoms with Crippen LogP contribution in [-0.4, -0.2) is 23.1 Å². The number of nitrogens with zero attached hydrogens (tertiary/aromatic N) is 5. The molecule has 7 heteroatoms. The first kappa shape index (κ1) is 19.2. The van der Waals surface area contributed by atoms with E-state index in [1.807, 2.05) is 35.7 Å². The number of imidazole rings is 2. The molecule has 3 heterocycles. The highest BCUT2D eigenvalue weighted by molar-refractivity contribution is 5.75. The van der Waals surface area contributed by atoms with Crippen LogP contribution in [-0.2, 0) is 20.0 Å². The molecule has 0 aliphatic heterocycles. The zero-order valence-corrected chi connectivity index (χ0v) is 17.4. The van der Waals surface area contributed by atoms with Crippen LogP contribution in [0.3, 0.4) is 0 Å². The lowest BCUT2D eigenvalue weighted by atomic mass is 10.1. The van der Waals surface area contributed by atoms with Crippen molar-refractivity contribution in [3.8, 4) is 0 Å². The molecule has 29 heavy (non-hydrogen) atoms. The van der Waals surface area contributed by atoms with E-state index in [4.69, 9.17) is 0 Å². The van der Waals surface area contributed by atoms with Crippen LogP contribution in [0.2, 0.25) is 0 Å². The molecule has 0 fully saturated rings. The molecule has 0 N–H and O–H groups in total. The summed E-state index contributed by atoms with van der Waals surface area (Å²) in [6, 6.07) is 10.4. The number of hydrogen-bond donors (Lipinski definition) is 0. The lowest BCUT2D eigenvalue weighted by Gasteiger charge is -2.12. The predicted molar refractivity (Wildman–Crippen MR) is 115 cm³/mol. The van der Waals surface area contributed by atoms with Gasteiger partial charge >= 0.3 is 5.69 Å². The van der Waals surface area contributed by atoms with Gasteiger partial charge in [0.2, 0.25) is 5.78 Å². The number of rotatable bonds is 6. The maximum absolute atomic E-state index is 13.3. The summed E-state index contributed by atoms with van der Waals surface area (Å²) in [5, 5.41) is 0. The highest BCUT2D eigenvalue weighted by Gasteiger charge is 2.21. The smallest absolute Gasteiger partial charge is 0.311 e. The van der Waals surface area contributed by atoms with Crippen molar-refractivity contribution in [3.05, 3.63) is 68.6 Å². The third-order valence-corrected chi connectivity index (χ3v) is 5.79. The number of fused-ring (bicyclic) bond motifs is 3. The van der Waals surface area contributed by atoms with Gasteiger partial charge in [0, 0.05) is 31.5 Å². The summed E-state index contributed by atoms with van der Waals surface area (Å²) in [6.45, 7) is 6.66. The standard InChI is InChI=1S/C22H27N5O2/c1-5-15(2)27-16(3)14-26-18-19(23-21(26)27)24(4)22(29)25(20(18)28)13-9-12-17-10-7-6-8-11-17/h6-8,10-11,14-15H,5,9,12-13H2,1-4H3/t15-/m0/s1. The number of hydrogen-bond acceptors (Lipinski definition) is 3. The highest BCUT2D eigenvalue weighted by atomic mass is 16.2. The zero-order valence-electron chi connectivity index (χ0n) is 17.4. The van der Waals surface area contributed by atoms with Crippen LogP contribution in [0.4, 0.5) is 0 Å². The number of aromatic nitrogens is 5. The molecule has 3 aromatic heterocycles. The Bertz CT molecular complexity index is 1290. The molecule has 0 radical (unpaired) electrons. The molecule has 7 nitrogen and oxygen atoms in total. The van der Waals surface area contributed by atoms with Gasteiger partial charge in [-0.1, -0.05) is 37.3 Å². The summed E-state index contributed by atoms with van der Waals surface area (Å²) in [4.78, 5) is 30.8. The van der Waals surface area contributed by atoms with E-state index in [0.717, 1.165) is 25.0 Å². The Morgan fingerprint density at radius 3 is 2.55 bits per heavy atom. The van der Waals surface area contributed by atoms with Crippen molar-refractivity contribution in [3.63, 3.8) is 0 Å². The van der Waals surface area contributed by atoms with Crippen LogP contribution in [0.25, 0.3) is 16.9 Å². The third-order valence-electron chi connectivity index (χ3n) is 5.79. The van der Waals surface area contributed by atoms with Crippen LogP contribution < -0.4 is 11.2 Å². The molecule has 0 saturated heterocycles. The van der Waals surface area contributed by atoms with Crippen LogP contribution in [0.5, 0.6) is 0 Å². The van der Waals surface area contributed by atoms with Gasteiger partial charge in [-0.25, -0.2) is 4.79 Å². The minimum Gasteiger partial charge on any atom is -0.311 e. The first-order valence-electron chi connectivity index (χ1n) is 10.2. The molecule has 0 unspecified atom stereocenters. The van der Waals surface area contributed by atoms with Crippen LogP contribution in [0.1, 0.15) is 44.0 Å². The lowest BCUT2D eigenvalue weighted by Crippen LogP contribution is -2.39. The highest BCUT2D eigenvalue weighted by Crippen LogP contribution is 2.22. The second-order valence-corrected chi connectivity index (χ2v) is 7.74. The second kappa shape index (κ2) is 7.39.